The fourth-order valence-electron chi connectivity index (χ4n) is 3.22. The average molecular weight is 376 g/mol. The van der Waals surface area contributed by atoms with Crippen molar-refractivity contribution in [1.82, 2.24) is 0 Å². The van der Waals surface area contributed by atoms with E-state index in [1.54, 1.807) is 0 Å². The third-order valence-corrected chi connectivity index (χ3v) is 4.86. The maximum absolute atomic E-state index is 11.0. The summed E-state index contributed by atoms with van der Waals surface area (Å²) < 4.78 is 22.1. The molecule has 0 bridgehead atoms. The van der Waals surface area contributed by atoms with Crippen molar-refractivity contribution < 1.29 is 34.0 Å². The Hall–Kier alpha value is -0.890. The van der Waals surface area contributed by atoms with Crippen LogP contribution < -0.4 is 0 Å². The van der Waals surface area contributed by atoms with E-state index in [0.717, 1.165) is 0 Å². The lowest BCUT2D eigenvalue weighted by atomic mass is 9.87. The maximum Gasteiger partial charge on any atom is 0.508 e. The zero-order chi connectivity index (χ0) is 20.0. The quantitative estimate of drug-likeness (QED) is 0.506. The molecule has 1 aliphatic rings. The Labute approximate surface area is 157 Å². The van der Waals surface area contributed by atoms with E-state index in [2.05, 4.69) is 0 Å². The molecule has 0 amide bonds. The lowest BCUT2D eigenvalue weighted by Gasteiger charge is -2.37. The smallest absolute Gasteiger partial charge is 0.430 e. The summed E-state index contributed by atoms with van der Waals surface area (Å²) in [6, 6.07) is 0. The number of ether oxygens (including phenoxy) is 4. The largest absolute Gasteiger partial charge is 0.508 e. The highest BCUT2D eigenvalue weighted by Crippen LogP contribution is 2.29. The van der Waals surface area contributed by atoms with E-state index in [4.69, 9.17) is 18.9 Å². The predicted octanol–water partition coefficient (Wildman–Crippen LogP) is 2.66. The highest BCUT2D eigenvalue weighted by molar-refractivity contribution is 5.61. The Morgan fingerprint density at radius 1 is 1.19 bits per heavy atom. The highest BCUT2D eigenvalue weighted by atomic mass is 16.8. The van der Waals surface area contributed by atoms with Gasteiger partial charge in [0.1, 0.15) is 12.7 Å². The fourth-order valence-corrected chi connectivity index (χ4v) is 3.22. The molecule has 0 radical (unpaired) electrons. The second kappa shape index (κ2) is 9.35. The molecule has 2 atom stereocenters. The third kappa shape index (κ3) is 7.39. The molecule has 1 saturated heterocycles. The molecule has 0 aliphatic carbocycles. The molecule has 2 N–H and O–H groups in total. The van der Waals surface area contributed by atoms with Crippen molar-refractivity contribution in [2.45, 2.75) is 84.2 Å². The molecule has 7 heteroatoms. The number of aliphatic hydroxyl groups is 2. The Balaban J connectivity index is 2.50. The molecule has 1 heterocycles. The van der Waals surface area contributed by atoms with Gasteiger partial charge in [-0.15, -0.1) is 0 Å². The Kier molecular flexibility index (Phi) is 8.33. The van der Waals surface area contributed by atoms with Gasteiger partial charge < -0.3 is 29.2 Å². The lowest BCUT2D eigenvalue weighted by Crippen LogP contribution is -2.41. The molecule has 0 aromatic rings. The van der Waals surface area contributed by atoms with E-state index >= 15 is 0 Å². The standard InChI is InChI=1S/C19H36O7/c1-7-19(11-20,12-21)13-24-17(3,4)8-14(2)26-18(5,6)9-15-10-23-16(22)25-15/h14-15,20-21H,7-13H2,1-6H3. The van der Waals surface area contributed by atoms with Gasteiger partial charge in [0.2, 0.25) is 0 Å². The molecule has 1 fully saturated rings. The second-order valence-corrected chi connectivity index (χ2v) is 8.62. The maximum atomic E-state index is 11.0. The highest BCUT2D eigenvalue weighted by Gasteiger charge is 2.35. The minimum Gasteiger partial charge on any atom is -0.430 e. The van der Waals surface area contributed by atoms with Crippen LogP contribution in [0.5, 0.6) is 0 Å². The summed E-state index contributed by atoms with van der Waals surface area (Å²) >= 11 is 0. The van der Waals surface area contributed by atoms with E-state index in [1.165, 1.54) is 0 Å². The third-order valence-electron chi connectivity index (χ3n) is 4.86. The van der Waals surface area contributed by atoms with Crippen LogP contribution in [0.15, 0.2) is 0 Å². The van der Waals surface area contributed by atoms with Crippen LogP contribution in [0.1, 0.15) is 60.8 Å². The van der Waals surface area contributed by atoms with Gasteiger partial charge in [-0.25, -0.2) is 4.79 Å². The molecule has 0 aromatic heterocycles. The van der Waals surface area contributed by atoms with Gasteiger partial charge in [0.15, 0.2) is 0 Å². The van der Waals surface area contributed by atoms with Crippen LogP contribution in [0.3, 0.4) is 0 Å². The van der Waals surface area contributed by atoms with Gasteiger partial charge in [0.05, 0.1) is 37.1 Å². The van der Waals surface area contributed by atoms with E-state index in [-0.39, 0.29) is 38.6 Å². The van der Waals surface area contributed by atoms with Crippen LogP contribution >= 0.6 is 0 Å². The molecule has 7 nitrogen and oxygen atoms in total. The fraction of sp³-hybridized carbons (Fsp3) is 0.947. The monoisotopic (exact) mass is 376 g/mol. The zero-order valence-corrected chi connectivity index (χ0v) is 17.0. The molecule has 1 rings (SSSR count). The molecular weight excluding hydrogens is 340 g/mol. The van der Waals surface area contributed by atoms with Gasteiger partial charge in [-0.05, 0) is 41.0 Å². The van der Waals surface area contributed by atoms with Crippen molar-refractivity contribution in [3.63, 3.8) is 0 Å². The van der Waals surface area contributed by atoms with Gasteiger partial charge in [-0.2, -0.15) is 0 Å². The van der Waals surface area contributed by atoms with Gasteiger partial charge >= 0.3 is 6.16 Å². The molecule has 26 heavy (non-hydrogen) atoms. The van der Waals surface area contributed by atoms with Crippen LogP contribution in [-0.4, -0.2) is 66.2 Å². The summed E-state index contributed by atoms with van der Waals surface area (Å²) in [5.74, 6) is 0. The first kappa shape index (κ1) is 23.1. The van der Waals surface area contributed by atoms with Crippen LogP contribution in [0.4, 0.5) is 4.79 Å². The van der Waals surface area contributed by atoms with Gasteiger partial charge in [-0.3, -0.25) is 0 Å². The number of cyclic esters (lactones) is 2. The van der Waals surface area contributed by atoms with Crippen molar-refractivity contribution in [1.29, 1.82) is 0 Å². The van der Waals surface area contributed by atoms with Crippen LogP contribution in [0.25, 0.3) is 0 Å². The van der Waals surface area contributed by atoms with Crippen molar-refractivity contribution >= 4 is 6.16 Å². The van der Waals surface area contributed by atoms with Crippen LogP contribution in [-0.2, 0) is 18.9 Å². The number of hydrogen-bond donors (Lipinski definition) is 2. The predicted molar refractivity (Wildman–Crippen MR) is 97.0 cm³/mol. The minimum atomic E-state index is -0.624. The van der Waals surface area contributed by atoms with Crippen LogP contribution in [0, 0.1) is 5.41 Å². The zero-order valence-electron chi connectivity index (χ0n) is 17.0. The molecule has 2 unspecified atom stereocenters. The molecular formula is C19H36O7. The molecule has 0 spiro atoms. The Bertz CT molecular complexity index is 435. The first-order valence-electron chi connectivity index (χ1n) is 9.33. The van der Waals surface area contributed by atoms with E-state index < -0.39 is 22.8 Å². The van der Waals surface area contributed by atoms with Crippen molar-refractivity contribution in [3.8, 4) is 0 Å². The summed E-state index contributed by atoms with van der Waals surface area (Å²) in [5, 5.41) is 19.1. The Morgan fingerprint density at radius 3 is 2.27 bits per heavy atom. The van der Waals surface area contributed by atoms with Gasteiger partial charge in [0.25, 0.3) is 0 Å². The first-order valence-corrected chi connectivity index (χ1v) is 9.33. The second-order valence-electron chi connectivity index (χ2n) is 8.62. The topological polar surface area (TPSA) is 94.5 Å². The summed E-state index contributed by atoms with van der Waals surface area (Å²) in [5.41, 5.74) is -1.56. The molecule has 0 aromatic carbocycles. The lowest BCUT2D eigenvalue weighted by molar-refractivity contribution is -0.137. The summed E-state index contributed by atoms with van der Waals surface area (Å²) in [6.07, 6.45) is 0.843. The SMILES string of the molecule is CCC(CO)(CO)COC(C)(C)CC(C)OC(C)(C)CC1COC(=O)O1. The summed E-state index contributed by atoms with van der Waals surface area (Å²) in [4.78, 5) is 11.0. The van der Waals surface area contributed by atoms with E-state index in [1.807, 2.05) is 41.5 Å². The molecule has 0 saturated carbocycles. The van der Waals surface area contributed by atoms with Crippen molar-refractivity contribution in [3.05, 3.63) is 0 Å². The number of rotatable bonds is 12. The van der Waals surface area contributed by atoms with Crippen molar-refractivity contribution in [2.75, 3.05) is 26.4 Å². The molecule has 154 valence electrons. The normalized spacial score (nSPS) is 20.0. The average Bonchev–Trinajstić information content (AvgIpc) is 2.92. The number of carbonyl (C=O) groups excluding carboxylic acids is 1. The summed E-state index contributed by atoms with van der Waals surface area (Å²) in [6.45, 7) is 12.1. The van der Waals surface area contributed by atoms with Crippen molar-refractivity contribution in [2.24, 2.45) is 5.41 Å². The number of hydrogen-bond acceptors (Lipinski definition) is 7. The van der Waals surface area contributed by atoms with E-state index in [9.17, 15) is 15.0 Å². The van der Waals surface area contributed by atoms with E-state index in [0.29, 0.717) is 19.3 Å². The number of aliphatic hydroxyl groups excluding tert-OH is 2. The van der Waals surface area contributed by atoms with Gasteiger partial charge in [0, 0.05) is 18.3 Å². The minimum absolute atomic E-state index is 0.0858. The van der Waals surface area contributed by atoms with Crippen LogP contribution in [0.2, 0.25) is 0 Å². The molecule has 1 aliphatic heterocycles. The van der Waals surface area contributed by atoms with Gasteiger partial charge in [-0.1, -0.05) is 6.92 Å². The Morgan fingerprint density at radius 2 is 1.81 bits per heavy atom. The summed E-state index contributed by atoms with van der Waals surface area (Å²) in [7, 11) is 0. The number of carbonyl (C=O) groups is 1. The first-order chi connectivity index (χ1) is 12.0.